The van der Waals surface area contributed by atoms with Crippen LogP contribution >= 0.6 is 0 Å². The van der Waals surface area contributed by atoms with Crippen molar-refractivity contribution < 1.29 is 29.0 Å². The third-order valence-electron chi connectivity index (χ3n) is 6.34. The summed E-state index contributed by atoms with van der Waals surface area (Å²) in [6.07, 6.45) is 5.87. The van der Waals surface area contributed by atoms with Crippen LogP contribution in [-0.2, 0) is 16.0 Å². The summed E-state index contributed by atoms with van der Waals surface area (Å²) >= 11 is 0. The Kier molecular flexibility index (Phi) is 10.1. The number of rotatable bonds is 11. The van der Waals surface area contributed by atoms with Crippen molar-refractivity contribution in [3.8, 4) is 11.5 Å². The van der Waals surface area contributed by atoms with Crippen LogP contribution in [0.5, 0.6) is 11.5 Å². The molecule has 0 saturated heterocycles. The van der Waals surface area contributed by atoms with Crippen LogP contribution in [0.25, 0.3) is 11.0 Å². The lowest BCUT2D eigenvalue weighted by Gasteiger charge is -2.21. The van der Waals surface area contributed by atoms with E-state index in [-0.39, 0.29) is 39.8 Å². The van der Waals surface area contributed by atoms with Crippen LogP contribution in [0.4, 0.5) is 0 Å². The van der Waals surface area contributed by atoms with Crippen LogP contribution in [0.1, 0.15) is 102 Å². The first kappa shape index (κ1) is 28.9. The lowest BCUT2D eigenvalue weighted by Crippen LogP contribution is -2.16. The van der Waals surface area contributed by atoms with Crippen molar-refractivity contribution in [3.63, 3.8) is 0 Å². The molecule has 0 saturated carbocycles. The minimum absolute atomic E-state index is 0.0951. The zero-order valence-corrected chi connectivity index (χ0v) is 22.4. The second kappa shape index (κ2) is 12.6. The van der Waals surface area contributed by atoms with Crippen molar-refractivity contribution in [1.82, 2.24) is 0 Å². The first-order chi connectivity index (χ1) is 16.9. The van der Waals surface area contributed by atoms with Gasteiger partial charge in [-0.2, -0.15) is 0 Å². The molecule has 0 fully saturated rings. The Morgan fingerprint density at radius 1 is 1.06 bits per heavy atom. The van der Waals surface area contributed by atoms with E-state index in [1.165, 1.54) is 12.5 Å². The van der Waals surface area contributed by atoms with Gasteiger partial charge in [0.05, 0.1) is 5.39 Å². The number of carbonyl (C=O) groups is 2. The average Bonchev–Trinajstić information content (AvgIpc) is 2.80. The normalized spacial score (nSPS) is 13.4. The van der Waals surface area contributed by atoms with Crippen molar-refractivity contribution in [3.05, 3.63) is 56.5 Å². The van der Waals surface area contributed by atoms with Crippen LogP contribution in [0.2, 0.25) is 0 Å². The number of ketones is 1. The highest BCUT2D eigenvalue weighted by atomic mass is 16.5. The lowest BCUT2D eigenvalue weighted by atomic mass is 9.89. The largest absolute Gasteiger partial charge is 0.507 e. The monoisotopic (exact) mass is 498 g/mol. The summed E-state index contributed by atoms with van der Waals surface area (Å²) in [6, 6.07) is 1.16. The Bertz CT molecular complexity index is 1240. The quantitative estimate of drug-likeness (QED) is 0.154. The fourth-order valence-corrected chi connectivity index (χ4v) is 4.09. The maximum atomic E-state index is 13.3. The maximum absolute atomic E-state index is 13.3. The first-order valence-corrected chi connectivity index (χ1v) is 12.5. The standard InChI is InChI=1S/C29H38O7/c1-8-18(6)26(32)25-28(34)20(14-13-17(5)12-10-11-16(3)4)27(33)24-21(15-23(31)36-29(24)25)22(9-2)35-19(7)30/h11,13,15,18,22,33-34H,8-10,12,14H2,1-7H3/t18-,22+/m0/s1. The Balaban J connectivity index is 2.84. The molecule has 0 spiro atoms. The van der Waals surface area contributed by atoms with Crippen molar-refractivity contribution in [1.29, 1.82) is 0 Å². The van der Waals surface area contributed by atoms with Gasteiger partial charge < -0.3 is 19.4 Å². The number of hydrogen-bond donors (Lipinski definition) is 2. The number of hydrogen-bond acceptors (Lipinski definition) is 7. The molecular formula is C29H38O7. The second-order valence-electron chi connectivity index (χ2n) is 9.53. The highest BCUT2D eigenvalue weighted by Gasteiger charge is 2.31. The van der Waals surface area contributed by atoms with Gasteiger partial charge in [0.1, 0.15) is 23.2 Å². The van der Waals surface area contributed by atoms with E-state index in [0.29, 0.717) is 12.8 Å². The highest BCUT2D eigenvalue weighted by Crippen LogP contribution is 2.44. The van der Waals surface area contributed by atoms with E-state index in [0.717, 1.165) is 24.5 Å². The molecule has 196 valence electrons. The van der Waals surface area contributed by atoms with E-state index in [1.54, 1.807) is 13.8 Å². The SMILES string of the molecule is CC[C@H](C)C(=O)c1c(O)c(CC=C(C)CCC=C(C)C)c(O)c2c([C@@H](CC)OC(C)=O)cc(=O)oc12. The number of Topliss-reactive ketones (excluding diaryl/α,β-unsaturated/α-hetero) is 1. The molecule has 36 heavy (non-hydrogen) atoms. The first-order valence-electron chi connectivity index (χ1n) is 12.5. The van der Waals surface area contributed by atoms with E-state index in [9.17, 15) is 24.6 Å². The molecular weight excluding hydrogens is 460 g/mol. The molecule has 2 aromatic rings. The smallest absolute Gasteiger partial charge is 0.336 e. The summed E-state index contributed by atoms with van der Waals surface area (Å²) in [7, 11) is 0. The van der Waals surface area contributed by atoms with E-state index >= 15 is 0 Å². The van der Waals surface area contributed by atoms with E-state index in [1.807, 2.05) is 33.8 Å². The number of allylic oxidation sites excluding steroid dienone is 4. The van der Waals surface area contributed by atoms with Gasteiger partial charge in [-0.3, -0.25) is 9.59 Å². The van der Waals surface area contributed by atoms with Gasteiger partial charge in [0.15, 0.2) is 11.4 Å². The van der Waals surface area contributed by atoms with Gasteiger partial charge in [0.25, 0.3) is 0 Å². The van der Waals surface area contributed by atoms with E-state index in [4.69, 9.17) is 9.15 Å². The summed E-state index contributed by atoms with van der Waals surface area (Å²) in [5.74, 6) is -2.11. The van der Waals surface area contributed by atoms with Crippen molar-refractivity contribution >= 4 is 22.7 Å². The molecule has 1 aromatic heterocycles. The van der Waals surface area contributed by atoms with Gasteiger partial charge in [-0.15, -0.1) is 0 Å². The Morgan fingerprint density at radius 3 is 2.28 bits per heavy atom. The zero-order chi connectivity index (χ0) is 27.2. The van der Waals surface area contributed by atoms with Crippen LogP contribution in [0, 0.1) is 5.92 Å². The van der Waals surface area contributed by atoms with Crippen LogP contribution < -0.4 is 5.63 Å². The highest BCUT2D eigenvalue weighted by molar-refractivity contribution is 6.12. The summed E-state index contributed by atoms with van der Waals surface area (Å²) in [5, 5.41) is 22.6. The summed E-state index contributed by atoms with van der Waals surface area (Å²) in [6.45, 7) is 12.6. The third kappa shape index (κ3) is 6.65. The topological polar surface area (TPSA) is 114 Å². The molecule has 0 unspecified atom stereocenters. The van der Waals surface area contributed by atoms with Crippen LogP contribution in [0.3, 0.4) is 0 Å². The number of phenolic OH excluding ortho intramolecular Hbond substituents is 2. The molecule has 0 amide bonds. The number of fused-ring (bicyclic) bond motifs is 1. The molecule has 0 aliphatic carbocycles. The Morgan fingerprint density at radius 2 is 1.72 bits per heavy atom. The van der Waals surface area contributed by atoms with Gasteiger partial charge in [0.2, 0.25) is 0 Å². The fraction of sp³-hybridized carbons (Fsp3) is 0.483. The van der Waals surface area contributed by atoms with Gasteiger partial charge >= 0.3 is 11.6 Å². The number of ether oxygens (including phenoxy) is 1. The summed E-state index contributed by atoms with van der Waals surface area (Å²) in [5.41, 5.74) is 1.57. The van der Waals surface area contributed by atoms with Gasteiger partial charge in [-0.25, -0.2) is 4.79 Å². The van der Waals surface area contributed by atoms with Crippen LogP contribution in [0.15, 0.2) is 38.6 Å². The molecule has 0 bridgehead atoms. The lowest BCUT2D eigenvalue weighted by molar-refractivity contribution is -0.146. The molecule has 2 rings (SSSR count). The number of aromatic hydroxyl groups is 2. The Labute approximate surface area is 212 Å². The minimum atomic E-state index is -0.842. The minimum Gasteiger partial charge on any atom is -0.507 e. The van der Waals surface area contributed by atoms with Gasteiger partial charge in [-0.1, -0.05) is 44.1 Å². The Hall–Kier alpha value is -3.35. The van der Waals surface area contributed by atoms with Crippen molar-refractivity contribution in [2.45, 2.75) is 86.7 Å². The number of benzene rings is 1. The molecule has 2 N–H and O–H groups in total. The predicted octanol–water partition coefficient (Wildman–Crippen LogP) is 6.68. The molecule has 0 aliphatic rings. The number of carbonyl (C=O) groups excluding carboxylic acids is 2. The van der Waals surface area contributed by atoms with Gasteiger partial charge in [0, 0.05) is 30.0 Å². The molecule has 0 aliphatic heterocycles. The van der Waals surface area contributed by atoms with E-state index in [2.05, 4.69) is 6.08 Å². The zero-order valence-electron chi connectivity index (χ0n) is 22.4. The summed E-state index contributed by atoms with van der Waals surface area (Å²) < 4.78 is 10.8. The van der Waals surface area contributed by atoms with Crippen molar-refractivity contribution in [2.24, 2.45) is 5.92 Å². The fourth-order valence-electron chi connectivity index (χ4n) is 4.09. The number of phenols is 2. The van der Waals surface area contributed by atoms with Crippen molar-refractivity contribution in [2.75, 3.05) is 0 Å². The molecule has 1 heterocycles. The number of esters is 1. The second-order valence-corrected chi connectivity index (χ2v) is 9.53. The molecule has 0 radical (unpaired) electrons. The molecule has 7 heteroatoms. The van der Waals surface area contributed by atoms with E-state index < -0.39 is 35.1 Å². The molecule has 7 nitrogen and oxygen atoms in total. The average molecular weight is 499 g/mol. The van der Waals surface area contributed by atoms with Crippen LogP contribution in [-0.4, -0.2) is 22.0 Å². The maximum Gasteiger partial charge on any atom is 0.336 e. The summed E-state index contributed by atoms with van der Waals surface area (Å²) in [4.78, 5) is 37.6. The molecule has 2 atom stereocenters. The van der Waals surface area contributed by atoms with Gasteiger partial charge in [-0.05, 0) is 52.9 Å². The third-order valence-corrected chi connectivity index (χ3v) is 6.34. The predicted molar refractivity (Wildman–Crippen MR) is 141 cm³/mol. The molecule has 1 aromatic carbocycles.